The average molecular weight is 172 g/mol. The molecule has 1 aliphatic rings. The fourth-order valence-electron chi connectivity index (χ4n) is 1.72. The molecule has 1 aliphatic heterocycles. The first-order valence-corrected chi connectivity index (χ1v) is 4.92. The highest BCUT2D eigenvalue weighted by molar-refractivity contribution is 4.76. The van der Waals surface area contributed by atoms with Crippen LogP contribution in [0.25, 0.3) is 0 Å². The van der Waals surface area contributed by atoms with Crippen LogP contribution in [0.5, 0.6) is 0 Å². The summed E-state index contributed by atoms with van der Waals surface area (Å²) >= 11 is 0. The molecule has 72 valence electrons. The molecule has 0 aromatic rings. The molecule has 1 rings (SSSR count). The minimum Gasteiger partial charge on any atom is -0.382 e. The minimum atomic E-state index is 0.356. The lowest BCUT2D eigenvalue weighted by Crippen LogP contribution is -2.20. The van der Waals surface area contributed by atoms with Gasteiger partial charge in [-0.05, 0) is 18.8 Å². The van der Waals surface area contributed by atoms with Gasteiger partial charge in [-0.15, -0.1) is 0 Å². The van der Waals surface area contributed by atoms with Crippen molar-refractivity contribution in [2.24, 2.45) is 5.92 Å². The van der Waals surface area contributed by atoms with Crippen molar-refractivity contribution in [3.8, 4) is 0 Å². The Balaban J connectivity index is 2.25. The third-order valence-electron chi connectivity index (χ3n) is 2.77. The molecule has 0 aromatic carbocycles. The molecular formula is C10H20O2. The second-order valence-corrected chi connectivity index (χ2v) is 3.71. The van der Waals surface area contributed by atoms with Crippen molar-refractivity contribution in [2.45, 2.75) is 45.3 Å². The van der Waals surface area contributed by atoms with E-state index in [1.165, 1.54) is 19.3 Å². The topological polar surface area (TPSA) is 18.5 Å². The number of ether oxygens (including phenoxy) is 2. The van der Waals surface area contributed by atoms with Crippen molar-refractivity contribution in [2.75, 3.05) is 13.7 Å². The predicted octanol–water partition coefficient (Wildman–Crippen LogP) is 2.23. The van der Waals surface area contributed by atoms with Crippen LogP contribution < -0.4 is 0 Å². The Morgan fingerprint density at radius 1 is 1.50 bits per heavy atom. The molecule has 2 unspecified atom stereocenters. The Hall–Kier alpha value is -0.0800. The molecule has 0 N–H and O–H groups in total. The Labute approximate surface area is 75.2 Å². The summed E-state index contributed by atoms with van der Waals surface area (Å²) in [6.45, 7) is 5.24. The SMILES string of the molecule is CCC(C)C1CC[C@@H](COC)O1. The molecule has 0 aromatic heterocycles. The lowest BCUT2D eigenvalue weighted by molar-refractivity contribution is -0.0214. The maximum Gasteiger partial charge on any atom is 0.0813 e. The van der Waals surface area contributed by atoms with E-state index in [1.807, 2.05) is 0 Å². The molecule has 12 heavy (non-hydrogen) atoms. The zero-order valence-corrected chi connectivity index (χ0v) is 8.38. The van der Waals surface area contributed by atoms with E-state index < -0.39 is 0 Å². The average Bonchev–Trinajstić information content (AvgIpc) is 2.52. The van der Waals surface area contributed by atoms with Gasteiger partial charge >= 0.3 is 0 Å². The highest BCUT2D eigenvalue weighted by Gasteiger charge is 2.28. The molecule has 0 aliphatic carbocycles. The summed E-state index contributed by atoms with van der Waals surface area (Å²) in [5, 5.41) is 0. The first-order chi connectivity index (χ1) is 5.77. The highest BCUT2D eigenvalue weighted by atomic mass is 16.5. The van der Waals surface area contributed by atoms with Gasteiger partial charge in [-0.3, -0.25) is 0 Å². The number of methoxy groups -OCH3 is 1. The zero-order chi connectivity index (χ0) is 8.97. The first kappa shape index (κ1) is 10.0. The second-order valence-electron chi connectivity index (χ2n) is 3.71. The van der Waals surface area contributed by atoms with Crippen molar-refractivity contribution in [1.29, 1.82) is 0 Å². The van der Waals surface area contributed by atoms with E-state index in [2.05, 4.69) is 13.8 Å². The van der Waals surface area contributed by atoms with Crippen LogP contribution in [0.3, 0.4) is 0 Å². The quantitative estimate of drug-likeness (QED) is 0.647. The third-order valence-corrected chi connectivity index (χ3v) is 2.77. The summed E-state index contributed by atoms with van der Waals surface area (Å²) in [6, 6.07) is 0. The molecule has 2 nitrogen and oxygen atoms in total. The van der Waals surface area contributed by atoms with Crippen molar-refractivity contribution in [1.82, 2.24) is 0 Å². The van der Waals surface area contributed by atoms with Crippen LogP contribution in [0.2, 0.25) is 0 Å². The van der Waals surface area contributed by atoms with Crippen LogP contribution >= 0.6 is 0 Å². The molecule has 2 heteroatoms. The van der Waals surface area contributed by atoms with E-state index in [-0.39, 0.29) is 0 Å². The Morgan fingerprint density at radius 3 is 2.83 bits per heavy atom. The fourth-order valence-corrected chi connectivity index (χ4v) is 1.72. The van der Waals surface area contributed by atoms with E-state index in [0.29, 0.717) is 18.1 Å². The summed E-state index contributed by atoms with van der Waals surface area (Å²) in [4.78, 5) is 0. The van der Waals surface area contributed by atoms with Crippen LogP contribution in [0.4, 0.5) is 0 Å². The van der Waals surface area contributed by atoms with Crippen LogP contribution in [-0.4, -0.2) is 25.9 Å². The van der Waals surface area contributed by atoms with E-state index in [4.69, 9.17) is 9.47 Å². The molecule has 0 spiro atoms. The Bertz CT molecular complexity index is 125. The summed E-state index contributed by atoms with van der Waals surface area (Å²) in [5.74, 6) is 0.701. The van der Waals surface area contributed by atoms with E-state index in [9.17, 15) is 0 Å². The lowest BCUT2D eigenvalue weighted by Gasteiger charge is -2.18. The van der Waals surface area contributed by atoms with E-state index in [1.54, 1.807) is 7.11 Å². The monoisotopic (exact) mass is 172 g/mol. The van der Waals surface area contributed by atoms with Crippen molar-refractivity contribution in [3.63, 3.8) is 0 Å². The van der Waals surface area contributed by atoms with Crippen molar-refractivity contribution in [3.05, 3.63) is 0 Å². The van der Waals surface area contributed by atoms with Gasteiger partial charge < -0.3 is 9.47 Å². The zero-order valence-electron chi connectivity index (χ0n) is 8.38. The normalized spacial score (nSPS) is 32.2. The van der Waals surface area contributed by atoms with Gasteiger partial charge in [-0.1, -0.05) is 20.3 Å². The molecule has 0 amide bonds. The molecule has 0 saturated carbocycles. The van der Waals surface area contributed by atoms with Gasteiger partial charge in [0.1, 0.15) is 0 Å². The van der Waals surface area contributed by atoms with E-state index >= 15 is 0 Å². The fraction of sp³-hybridized carbons (Fsp3) is 1.00. The van der Waals surface area contributed by atoms with Crippen molar-refractivity contribution < 1.29 is 9.47 Å². The summed E-state index contributed by atoms with van der Waals surface area (Å²) in [6.07, 6.45) is 4.43. The largest absolute Gasteiger partial charge is 0.382 e. The summed E-state index contributed by atoms with van der Waals surface area (Å²) < 4.78 is 10.9. The smallest absolute Gasteiger partial charge is 0.0813 e. The van der Waals surface area contributed by atoms with Gasteiger partial charge in [0, 0.05) is 7.11 Å². The van der Waals surface area contributed by atoms with Gasteiger partial charge in [0.25, 0.3) is 0 Å². The first-order valence-electron chi connectivity index (χ1n) is 4.92. The van der Waals surface area contributed by atoms with E-state index in [0.717, 1.165) is 6.61 Å². The molecule has 3 atom stereocenters. The van der Waals surface area contributed by atoms with Gasteiger partial charge in [-0.2, -0.15) is 0 Å². The number of hydrogen-bond acceptors (Lipinski definition) is 2. The highest BCUT2D eigenvalue weighted by Crippen LogP contribution is 2.26. The molecular weight excluding hydrogens is 152 g/mol. The third kappa shape index (κ3) is 2.46. The molecule has 1 heterocycles. The van der Waals surface area contributed by atoms with Gasteiger partial charge in [-0.25, -0.2) is 0 Å². The maximum absolute atomic E-state index is 5.83. The summed E-state index contributed by atoms with van der Waals surface area (Å²) in [5.41, 5.74) is 0. The minimum absolute atomic E-state index is 0.356. The standard InChI is InChI=1S/C10H20O2/c1-4-8(2)10-6-5-9(12-10)7-11-3/h8-10H,4-7H2,1-3H3/t8?,9-,10?/m0/s1. The van der Waals surface area contributed by atoms with Gasteiger partial charge in [0.05, 0.1) is 18.8 Å². The summed E-state index contributed by atoms with van der Waals surface area (Å²) in [7, 11) is 1.74. The second kappa shape index (κ2) is 4.83. The maximum atomic E-state index is 5.83. The lowest BCUT2D eigenvalue weighted by atomic mass is 9.99. The predicted molar refractivity (Wildman–Crippen MR) is 49.2 cm³/mol. The van der Waals surface area contributed by atoms with Crippen LogP contribution in [0.15, 0.2) is 0 Å². The number of rotatable bonds is 4. The molecule has 1 fully saturated rings. The molecule has 0 bridgehead atoms. The number of hydrogen-bond donors (Lipinski definition) is 0. The molecule has 0 radical (unpaired) electrons. The van der Waals surface area contributed by atoms with Gasteiger partial charge in [0.2, 0.25) is 0 Å². The Morgan fingerprint density at radius 2 is 2.25 bits per heavy atom. The van der Waals surface area contributed by atoms with Crippen LogP contribution in [0, 0.1) is 5.92 Å². The Kier molecular flexibility index (Phi) is 4.02. The van der Waals surface area contributed by atoms with Crippen LogP contribution in [0.1, 0.15) is 33.1 Å². The van der Waals surface area contributed by atoms with Crippen LogP contribution in [-0.2, 0) is 9.47 Å². The molecule has 1 saturated heterocycles. The van der Waals surface area contributed by atoms with Crippen molar-refractivity contribution >= 4 is 0 Å². The van der Waals surface area contributed by atoms with Gasteiger partial charge in [0.15, 0.2) is 0 Å².